The van der Waals surface area contributed by atoms with Crippen molar-refractivity contribution in [2.45, 2.75) is 31.3 Å². The summed E-state index contributed by atoms with van der Waals surface area (Å²) in [6, 6.07) is 0. The van der Waals surface area contributed by atoms with Gasteiger partial charge in [-0.05, 0) is 20.8 Å². The molecule has 0 fully saturated rings. The second-order valence-electron chi connectivity index (χ2n) is 5.01. The number of primary sulfonamides is 1. The number of rotatable bonds is 4. The number of nitrogens with one attached hydrogen (secondary N) is 1. The Morgan fingerprint density at radius 3 is 2.58 bits per heavy atom. The Bertz CT molecular complexity index is 571. The molecule has 0 saturated heterocycles. The summed E-state index contributed by atoms with van der Waals surface area (Å²) in [6.45, 7) is 5.20. The zero-order valence-corrected chi connectivity index (χ0v) is 12.1. The lowest BCUT2D eigenvalue weighted by atomic mass is 10.2. The van der Waals surface area contributed by atoms with Gasteiger partial charge in [-0.15, -0.1) is 0 Å². The lowest BCUT2D eigenvalue weighted by Crippen LogP contribution is -2.27. The number of aryl methyl sites for hydroxylation is 1. The minimum atomic E-state index is -3.94. The maximum atomic E-state index is 11.6. The molecule has 1 aromatic rings. The molecule has 1 rings (SSSR count). The minimum absolute atomic E-state index is 0.104. The molecule has 0 atom stereocenters. The van der Waals surface area contributed by atoms with Crippen LogP contribution in [0.3, 0.4) is 0 Å². The molecular weight excluding hydrogens is 272 g/mol. The molecule has 0 saturated carbocycles. The molecule has 0 bridgehead atoms. The maximum absolute atomic E-state index is 11.6. The molecule has 0 aliphatic carbocycles. The van der Waals surface area contributed by atoms with Crippen LogP contribution in [0.2, 0.25) is 0 Å². The van der Waals surface area contributed by atoms with Crippen LogP contribution in [0, 0.1) is 0 Å². The number of nitrogens with two attached hydrogens (primary N) is 1. The Hall–Kier alpha value is -1.45. The first-order chi connectivity index (χ1) is 8.49. The van der Waals surface area contributed by atoms with Crippen LogP contribution in [0.4, 0.5) is 5.82 Å². The highest BCUT2D eigenvalue weighted by Gasteiger charge is 2.20. The number of anilines is 1. The van der Waals surface area contributed by atoms with Gasteiger partial charge in [0.05, 0.1) is 5.60 Å². The summed E-state index contributed by atoms with van der Waals surface area (Å²) in [5, 5.41) is 11.2. The SMILES string of the molecule is Cn1cc(S(N)(=O)=O)c(NC(=O)COC(C)(C)C)n1. The molecular formula is C10H18N4O4S. The van der Waals surface area contributed by atoms with E-state index < -0.39 is 21.5 Å². The van der Waals surface area contributed by atoms with E-state index in [0.717, 1.165) is 0 Å². The number of carbonyl (C=O) groups is 1. The van der Waals surface area contributed by atoms with Crippen LogP contribution in [0.1, 0.15) is 20.8 Å². The highest BCUT2D eigenvalue weighted by molar-refractivity contribution is 7.89. The summed E-state index contributed by atoms with van der Waals surface area (Å²) in [4.78, 5) is 11.4. The number of ether oxygens (including phenoxy) is 1. The van der Waals surface area contributed by atoms with Gasteiger partial charge in [0.2, 0.25) is 10.0 Å². The first-order valence-corrected chi connectivity index (χ1v) is 7.04. The van der Waals surface area contributed by atoms with E-state index in [1.807, 2.05) is 0 Å². The number of hydrogen-bond acceptors (Lipinski definition) is 5. The molecule has 9 heteroatoms. The predicted molar refractivity (Wildman–Crippen MR) is 68.9 cm³/mol. The van der Waals surface area contributed by atoms with Gasteiger partial charge >= 0.3 is 0 Å². The summed E-state index contributed by atoms with van der Waals surface area (Å²) in [6.07, 6.45) is 1.22. The van der Waals surface area contributed by atoms with Gasteiger partial charge < -0.3 is 10.1 Å². The van der Waals surface area contributed by atoms with Crippen molar-refractivity contribution in [2.24, 2.45) is 12.2 Å². The van der Waals surface area contributed by atoms with Crippen molar-refractivity contribution in [2.75, 3.05) is 11.9 Å². The highest BCUT2D eigenvalue weighted by atomic mass is 32.2. The summed E-state index contributed by atoms with van der Waals surface area (Å²) in [7, 11) is -2.42. The van der Waals surface area contributed by atoms with Crippen LogP contribution in [0.25, 0.3) is 0 Å². The molecule has 0 unspecified atom stereocenters. The molecule has 1 amide bonds. The number of carbonyl (C=O) groups excluding carboxylic acids is 1. The normalized spacial score (nSPS) is 12.5. The van der Waals surface area contributed by atoms with Crippen molar-refractivity contribution >= 4 is 21.7 Å². The van der Waals surface area contributed by atoms with Gasteiger partial charge in [-0.1, -0.05) is 0 Å². The lowest BCUT2D eigenvalue weighted by molar-refractivity contribution is -0.125. The number of amides is 1. The highest BCUT2D eigenvalue weighted by Crippen LogP contribution is 2.17. The van der Waals surface area contributed by atoms with E-state index in [1.165, 1.54) is 17.9 Å². The Morgan fingerprint density at radius 2 is 2.11 bits per heavy atom. The summed E-state index contributed by atoms with van der Waals surface area (Å²) >= 11 is 0. The Morgan fingerprint density at radius 1 is 1.53 bits per heavy atom. The molecule has 19 heavy (non-hydrogen) atoms. The molecule has 0 aliphatic heterocycles. The lowest BCUT2D eigenvalue weighted by Gasteiger charge is -2.18. The summed E-state index contributed by atoms with van der Waals surface area (Å²) < 4.78 is 29.1. The van der Waals surface area contributed by atoms with Gasteiger partial charge in [0.1, 0.15) is 11.5 Å². The van der Waals surface area contributed by atoms with E-state index >= 15 is 0 Å². The number of aromatic nitrogens is 2. The molecule has 8 nitrogen and oxygen atoms in total. The fourth-order valence-electron chi connectivity index (χ4n) is 1.21. The predicted octanol–water partition coefficient (Wildman–Crippen LogP) is -0.179. The van der Waals surface area contributed by atoms with Crippen LogP contribution in [-0.2, 0) is 26.6 Å². The first-order valence-electron chi connectivity index (χ1n) is 5.49. The van der Waals surface area contributed by atoms with Crippen molar-refractivity contribution in [1.82, 2.24) is 9.78 Å². The Kier molecular flexibility index (Phi) is 4.33. The third kappa shape index (κ3) is 4.97. The zero-order valence-electron chi connectivity index (χ0n) is 11.3. The third-order valence-electron chi connectivity index (χ3n) is 2.00. The first kappa shape index (κ1) is 15.6. The summed E-state index contributed by atoms with van der Waals surface area (Å²) in [5.74, 6) is -0.606. The Labute approximate surface area is 112 Å². The molecule has 0 radical (unpaired) electrons. The second-order valence-corrected chi connectivity index (χ2v) is 6.54. The topological polar surface area (TPSA) is 116 Å². The fourth-order valence-corrected chi connectivity index (χ4v) is 1.87. The molecule has 1 aromatic heterocycles. The van der Waals surface area contributed by atoms with Crippen LogP contribution < -0.4 is 10.5 Å². The van der Waals surface area contributed by atoms with Gasteiger partial charge in [-0.25, -0.2) is 13.6 Å². The van der Waals surface area contributed by atoms with Crippen molar-refractivity contribution in [3.63, 3.8) is 0 Å². The molecule has 108 valence electrons. The van der Waals surface area contributed by atoms with Gasteiger partial charge in [0, 0.05) is 13.2 Å². The zero-order chi connectivity index (χ0) is 14.8. The Balaban J connectivity index is 2.81. The number of hydrogen-bond donors (Lipinski definition) is 2. The maximum Gasteiger partial charge on any atom is 0.251 e. The van der Waals surface area contributed by atoms with Gasteiger partial charge in [0.15, 0.2) is 5.82 Å². The molecule has 1 heterocycles. The monoisotopic (exact) mass is 290 g/mol. The van der Waals surface area contributed by atoms with Crippen molar-refractivity contribution < 1.29 is 17.9 Å². The van der Waals surface area contributed by atoms with E-state index in [1.54, 1.807) is 20.8 Å². The average molecular weight is 290 g/mol. The van der Waals surface area contributed by atoms with Crippen molar-refractivity contribution in [3.8, 4) is 0 Å². The van der Waals surface area contributed by atoms with E-state index in [0.29, 0.717) is 0 Å². The van der Waals surface area contributed by atoms with Gasteiger partial charge in [0.25, 0.3) is 5.91 Å². The second kappa shape index (κ2) is 5.27. The summed E-state index contributed by atoms with van der Waals surface area (Å²) in [5.41, 5.74) is -0.468. The third-order valence-corrected chi connectivity index (χ3v) is 2.91. The van der Waals surface area contributed by atoms with Crippen LogP contribution in [0.15, 0.2) is 11.1 Å². The van der Waals surface area contributed by atoms with Crippen LogP contribution in [-0.4, -0.2) is 36.3 Å². The molecule has 3 N–H and O–H groups in total. The van der Waals surface area contributed by atoms with E-state index in [9.17, 15) is 13.2 Å². The van der Waals surface area contributed by atoms with Crippen LogP contribution in [0.5, 0.6) is 0 Å². The van der Waals surface area contributed by atoms with Crippen LogP contribution >= 0.6 is 0 Å². The standard InChI is InChI=1S/C10H18N4O4S/c1-10(2,3)18-6-8(15)12-9-7(19(11,16)17)5-14(4)13-9/h5H,6H2,1-4H3,(H2,11,16,17)(H,12,13,15). The average Bonchev–Trinajstić information content (AvgIpc) is 2.55. The minimum Gasteiger partial charge on any atom is -0.366 e. The molecule has 0 aliphatic rings. The van der Waals surface area contributed by atoms with E-state index in [-0.39, 0.29) is 17.3 Å². The number of nitrogens with zero attached hydrogens (tertiary/aromatic N) is 2. The molecule has 0 spiro atoms. The van der Waals surface area contributed by atoms with E-state index in [4.69, 9.17) is 9.88 Å². The molecule has 0 aromatic carbocycles. The quantitative estimate of drug-likeness (QED) is 0.798. The largest absolute Gasteiger partial charge is 0.366 e. The van der Waals surface area contributed by atoms with Crippen molar-refractivity contribution in [1.29, 1.82) is 0 Å². The van der Waals surface area contributed by atoms with Gasteiger partial charge in [-0.3, -0.25) is 9.48 Å². The smallest absolute Gasteiger partial charge is 0.251 e. The van der Waals surface area contributed by atoms with Crippen molar-refractivity contribution in [3.05, 3.63) is 6.20 Å². The fraction of sp³-hybridized carbons (Fsp3) is 0.600. The van der Waals surface area contributed by atoms with E-state index in [2.05, 4.69) is 10.4 Å². The number of sulfonamides is 1. The van der Waals surface area contributed by atoms with Gasteiger partial charge in [-0.2, -0.15) is 5.10 Å².